The third-order valence-electron chi connectivity index (χ3n) is 2.75. The molecule has 10 nitrogen and oxygen atoms in total. The van der Waals surface area contributed by atoms with Crippen molar-refractivity contribution in [1.29, 1.82) is 0 Å². The molecule has 136 valence electrons. The molecule has 0 bridgehead atoms. The van der Waals surface area contributed by atoms with Gasteiger partial charge in [-0.2, -0.15) is 0 Å². The lowest BCUT2D eigenvalue weighted by Crippen LogP contribution is -2.15. The lowest BCUT2D eigenvalue weighted by atomic mass is 10.1. The first-order chi connectivity index (χ1) is 12.3. The predicted octanol–water partition coefficient (Wildman–Crippen LogP) is 2.17. The number of nitro groups is 2. The van der Waals surface area contributed by atoms with Crippen molar-refractivity contribution in [3.63, 3.8) is 0 Å². The highest BCUT2D eigenvalue weighted by molar-refractivity contribution is 5.92. The van der Waals surface area contributed by atoms with Gasteiger partial charge in [0.05, 0.1) is 28.1 Å². The molecule has 0 saturated carbocycles. The van der Waals surface area contributed by atoms with Crippen LogP contribution in [0, 0.1) is 32.1 Å². The first-order valence-electron chi connectivity index (χ1n) is 7.24. The van der Waals surface area contributed by atoms with E-state index in [1.807, 2.05) is 0 Å². The second-order valence-corrected chi connectivity index (χ2v) is 4.59. The standard InChI is InChI=1S/C16H14N2O8/c1-3-5-14(6-7-15(19)25-4-2)26-16(20)11-8-12(17(21)22)10-13(9-11)18(23)24/h3,5,8-10,14H,4H2,1-2H3/b5-3+. The lowest BCUT2D eigenvalue weighted by Gasteiger charge is -2.08. The maximum absolute atomic E-state index is 12.2. The second-order valence-electron chi connectivity index (χ2n) is 4.59. The molecule has 0 N–H and O–H groups in total. The molecular weight excluding hydrogens is 348 g/mol. The van der Waals surface area contributed by atoms with Crippen LogP contribution in [0.3, 0.4) is 0 Å². The summed E-state index contributed by atoms with van der Waals surface area (Å²) in [7, 11) is 0. The molecule has 1 atom stereocenters. The van der Waals surface area contributed by atoms with Gasteiger partial charge in [-0.25, -0.2) is 9.59 Å². The summed E-state index contributed by atoms with van der Waals surface area (Å²) in [5, 5.41) is 21.7. The molecule has 0 saturated heterocycles. The van der Waals surface area contributed by atoms with Crippen molar-refractivity contribution in [3.8, 4) is 11.8 Å². The Hall–Kier alpha value is -3.74. The van der Waals surface area contributed by atoms with Crippen LogP contribution in [0.25, 0.3) is 0 Å². The van der Waals surface area contributed by atoms with Crippen LogP contribution < -0.4 is 0 Å². The van der Waals surface area contributed by atoms with E-state index in [4.69, 9.17) is 4.74 Å². The van der Waals surface area contributed by atoms with Gasteiger partial charge in [0.1, 0.15) is 0 Å². The maximum Gasteiger partial charge on any atom is 0.384 e. The lowest BCUT2D eigenvalue weighted by molar-refractivity contribution is -0.394. The van der Waals surface area contributed by atoms with E-state index in [1.54, 1.807) is 13.8 Å². The first-order valence-corrected chi connectivity index (χ1v) is 7.24. The van der Waals surface area contributed by atoms with Gasteiger partial charge >= 0.3 is 11.9 Å². The Balaban J connectivity index is 3.11. The highest BCUT2D eigenvalue weighted by atomic mass is 16.6. The number of nitro benzene ring substituents is 2. The topological polar surface area (TPSA) is 139 Å². The molecule has 0 spiro atoms. The fourth-order valence-corrected chi connectivity index (χ4v) is 1.70. The Morgan fingerprint density at radius 1 is 1.19 bits per heavy atom. The van der Waals surface area contributed by atoms with Gasteiger partial charge < -0.3 is 9.47 Å². The third-order valence-corrected chi connectivity index (χ3v) is 2.75. The van der Waals surface area contributed by atoms with Crippen molar-refractivity contribution in [3.05, 3.63) is 56.1 Å². The van der Waals surface area contributed by atoms with Gasteiger partial charge in [0.25, 0.3) is 11.4 Å². The maximum atomic E-state index is 12.2. The van der Waals surface area contributed by atoms with Crippen LogP contribution in [0.15, 0.2) is 30.4 Å². The number of hydrogen-bond donors (Lipinski definition) is 0. The number of ether oxygens (including phenoxy) is 2. The highest BCUT2D eigenvalue weighted by Crippen LogP contribution is 2.23. The van der Waals surface area contributed by atoms with Crippen molar-refractivity contribution in [2.45, 2.75) is 20.0 Å². The normalized spacial score (nSPS) is 11.2. The van der Waals surface area contributed by atoms with Gasteiger partial charge in [-0.05, 0) is 25.8 Å². The summed E-state index contributed by atoms with van der Waals surface area (Å²) in [4.78, 5) is 43.4. The van der Waals surface area contributed by atoms with Crippen molar-refractivity contribution < 1.29 is 28.9 Å². The van der Waals surface area contributed by atoms with Crippen molar-refractivity contribution in [1.82, 2.24) is 0 Å². The molecule has 0 aliphatic heterocycles. The summed E-state index contributed by atoms with van der Waals surface area (Å²) in [6.45, 7) is 3.34. The summed E-state index contributed by atoms with van der Waals surface area (Å²) in [5.41, 5.74) is -1.66. The van der Waals surface area contributed by atoms with E-state index in [0.29, 0.717) is 0 Å². The number of esters is 2. The minimum atomic E-state index is -1.14. The molecule has 1 rings (SSSR count). The number of benzene rings is 1. The molecule has 10 heteroatoms. The van der Waals surface area contributed by atoms with E-state index in [2.05, 4.69) is 16.6 Å². The SMILES string of the molecule is C/C=C/C(C#CC(=O)OCC)OC(=O)c1cc([N+](=O)[O-])cc([N+](=O)[O-])c1. The number of non-ortho nitro benzene ring substituents is 2. The van der Waals surface area contributed by atoms with Gasteiger partial charge in [-0.1, -0.05) is 6.08 Å². The number of rotatable bonds is 6. The fourth-order valence-electron chi connectivity index (χ4n) is 1.70. The van der Waals surface area contributed by atoms with Gasteiger partial charge in [0.2, 0.25) is 0 Å². The highest BCUT2D eigenvalue weighted by Gasteiger charge is 2.22. The molecule has 0 heterocycles. The van der Waals surface area contributed by atoms with Crippen LogP contribution in [0.5, 0.6) is 0 Å². The molecule has 0 aromatic heterocycles. The molecule has 1 unspecified atom stereocenters. The van der Waals surface area contributed by atoms with Crippen LogP contribution in [0.4, 0.5) is 11.4 Å². The van der Waals surface area contributed by atoms with Crippen LogP contribution in [0.2, 0.25) is 0 Å². The number of allylic oxidation sites excluding steroid dienone is 1. The van der Waals surface area contributed by atoms with Crippen LogP contribution in [0.1, 0.15) is 24.2 Å². The van der Waals surface area contributed by atoms with E-state index in [-0.39, 0.29) is 6.61 Å². The number of carbonyl (C=O) groups is 2. The van der Waals surface area contributed by atoms with E-state index in [1.165, 1.54) is 12.2 Å². The zero-order valence-corrected chi connectivity index (χ0v) is 13.8. The molecule has 0 radical (unpaired) electrons. The summed E-state index contributed by atoms with van der Waals surface area (Å²) in [5.74, 6) is 2.60. The summed E-state index contributed by atoms with van der Waals surface area (Å²) in [6.07, 6.45) is 1.72. The number of nitrogens with zero attached hydrogens (tertiary/aromatic N) is 2. The van der Waals surface area contributed by atoms with Crippen LogP contribution in [-0.2, 0) is 14.3 Å². The smallest absolute Gasteiger partial charge is 0.384 e. The quantitative estimate of drug-likeness (QED) is 0.187. The van der Waals surface area contributed by atoms with Gasteiger partial charge in [-0.3, -0.25) is 20.2 Å². The van der Waals surface area contributed by atoms with Crippen LogP contribution >= 0.6 is 0 Å². The monoisotopic (exact) mass is 362 g/mol. The second kappa shape index (κ2) is 9.53. The molecule has 0 aliphatic rings. The van der Waals surface area contributed by atoms with E-state index >= 15 is 0 Å². The number of carbonyl (C=O) groups excluding carboxylic acids is 2. The van der Waals surface area contributed by atoms with Gasteiger partial charge in [-0.15, -0.1) is 0 Å². The van der Waals surface area contributed by atoms with Crippen molar-refractivity contribution in [2.24, 2.45) is 0 Å². The Morgan fingerprint density at radius 3 is 2.23 bits per heavy atom. The minimum Gasteiger partial charge on any atom is -0.456 e. The Morgan fingerprint density at radius 2 is 1.77 bits per heavy atom. The average molecular weight is 362 g/mol. The van der Waals surface area contributed by atoms with Gasteiger partial charge in [0.15, 0.2) is 6.10 Å². The molecule has 26 heavy (non-hydrogen) atoms. The van der Waals surface area contributed by atoms with Gasteiger partial charge in [0, 0.05) is 18.1 Å². The van der Waals surface area contributed by atoms with E-state index < -0.39 is 44.8 Å². The molecule has 1 aromatic rings. The first kappa shape index (κ1) is 20.3. The largest absolute Gasteiger partial charge is 0.456 e. The van der Waals surface area contributed by atoms with E-state index in [9.17, 15) is 29.8 Å². The van der Waals surface area contributed by atoms with Crippen molar-refractivity contribution in [2.75, 3.05) is 6.61 Å². The fraction of sp³-hybridized carbons (Fsp3) is 0.250. The molecule has 0 fully saturated rings. The minimum absolute atomic E-state index is 0.124. The average Bonchev–Trinajstić information content (AvgIpc) is 2.59. The number of hydrogen-bond acceptors (Lipinski definition) is 8. The zero-order chi connectivity index (χ0) is 19.7. The summed E-state index contributed by atoms with van der Waals surface area (Å²) < 4.78 is 9.64. The Labute approximate surface area is 147 Å². The third kappa shape index (κ3) is 6.04. The zero-order valence-electron chi connectivity index (χ0n) is 13.8. The summed E-state index contributed by atoms with van der Waals surface area (Å²) in [6, 6.07) is 2.42. The molecule has 0 aliphatic carbocycles. The van der Waals surface area contributed by atoms with Crippen LogP contribution in [-0.4, -0.2) is 34.5 Å². The molecule has 1 aromatic carbocycles. The van der Waals surface area contributed by atoms with E-state index in [0.717, 1.165) is 18.2 Å². The Bertz CT molecular complexity index is 787. The summed E-state index contributed by atoms with van der Waals surface area (Å²) >= 11 is 0. The Kier molecular flexibility index (Phi) is 7.44. The molecule has 0 amide bonds. The molecular formula is C16H14N2O8. The predicted molar refractivity (Wildman–Crippen MR) is 88.2 cm³/mol. The van der Waals surface area contributed by atoms with Crippen molar-refractivity contribution >= 4 is 23.3 Å².